The summed E-state index contributed by atoms with van der Waals surface area (Å²) in [6, 6.07) is 7.56. The summed E-state index contributed by atoms with van der Waals surface area (Å²) in [7, 11) is 0. The van der Waals surface area contributed by atoms with Crippen LogP contribution < -0.4 is 5.32 Å². The van der Waals surface area contributed by atoms with Crippen LogP contribution in [0.3, 0.4) is 0 Å². The highest BCUT2D eigenvalue weighted by molar-refractivity contribution is 5.56. The van der Waals surface area contributed by atoms with Crippen LogP contribution in [-0.4, -0.2) is 24.0 Å². The molecule has 1 aromatic carbocycles. The van der Waals surface area contributed by atoms with Crippen molar-refractivity contribution < 1.29 is 0 Å². The summed E-state index contributed by atoms with van der Waals surface area (Å²) < 4.78 is 0. The van der Waals surface area contributed by atoms with Gasteiger partial charge in [-0.15, -0.1) is 0 Å². The number of anilines is 1. The predicted octanol–water partition coefficient (Wildman–Crippen LogP) is 4.06. The van der Waals surface area contributed by atoms with Gasteiger partial charge in [0.15, 0.2) is 0 Å². The highest BCUT2D eigenvalue weighted by Crippen LogP contribution is 2.24. The molecule has 1 heterocycles. The number of fused-ring (bicyclic) bond motifs is 1. The summed E-state index contributed by atoms with van der Waals surface area (Å²) in [6.45, 7) is 10.3. The van der Waals surface area contributed by atoms with E-state index >= 15 is 0 Å². The monoisotopic (exact) mass is 260 g/mol. The quantitative estimate of drug-likeness (QED) is 0.744. The van der Waals surface area contributed by atoms with Crippen LogP contribution in [-0.2, 0) is 13.0 Å². The number of hydrogen-bond donors (Lipinski definition) is 1. The summed E-state index contributed by atoms with van der Waals surface area (Å²) >= 11 is 0. The molecule has 2 heteroatoms. The minimum absolute atomic E-state index is 0.628. The number of unbranched alkanes of at least 4 members (excludes halogenated alkanes) is 2. The molecule has 0 saturated heterocycles. The molecule has 0 atom stereocenters. The van der Waals surface area contributed by atoms with Gasteiger partial charge in [-0.2, -0.15) is 0 Å². The lowest BCUT2D eigenvalue weighted by molar-refractivity contribution is 0.208. The van der Waals surface area contributed by atoms with Gasteiger partial charge in [-0.25, -0.2) is 0 Å². The Morgan fingerprint density at radius 3 is 2.84 bits per heavy atom. The maximum atomic E-state index is 3.43. The molecule has 0 radical (unpaired) electrons. The van der Waals surface area contributed by atoms with E-state index in [0.717, 1.165) is 13.1 Å². The SMILES string of the molecule is CCCCCN(Cc1ccc2c(c1)CCN2)C(C)C. The minimum atomic E-state index is 0.628. The zero-order valence-corrected chi connectivity index (χ0v) is 12.7. The largest absolute Gasteiger partial charge is 0.384 e. The number of rotatable bonds is 7. The van der Waals surface area contributed by atoms with E-state index in [1.165, 1.54) is 49.0 Å². The molecule has 1 aromatic rings. The van der Waals surface area contributed by atoms with Gasteiger partial charge in [-0.1, -0.05) is 31.9 Å². The van der Waals surface area contributed by atoms with Crippen molar-refractivity contribution in [1.29, 1.82) is 0 Å². The van der Waals surface area contributed by atoms with Crippen LogP contribution in [0.5, 0.6) is 0 Å². The fraction of sp³-hybridized carbons (Fsp3) is 0.647. The number of nitrogens with zero attached hydrogens (tertiary/aromatic N) is 1. The molecule has 0 amide bonds. The molecule has 0 bridgehead atoms. The maximum absolute atomic E-state index is 3.43. The molecule has 1 N–H and O–H groups in total. The van der Waals surface area contributed by atoms with Crippen LogP contribution in [0.1, 0.15) is 51.2 Å². The van der Waals surface area contributed by atoms with Gasteiger partial charge in [0, 0.05) is 24.8 Å². The molecule has 0 aromatic heterocycles. The predicted molar refractivity (Wildman–Crippen MR) is 83.7 cm³/mol. The fourth-order valence-corrected chi connectivity index (χ4v) is 2.78. The molecular weight excluding hydrogens is 232 g/mol. The molecule has 1 aliphatic rings. The van der Waals surface area contributed by atoms with E-state index in [2.05, 4.69) is 49.2 Å². The van der Waals surface area contributed by atoms with Crippen molar-refractivity contribution in [3.63, 3.8) is 0 Å². The summed E-state index contributed by atoms with van der Waals surface area (Å²) in [5.41, 5.74) is 4.30. The molecule has 0 unspecified atom stereocenters. The molecule has 106 valence electrons. The van der Waals surface area contributed by atoms with Crippen molar-refractivity contribution in [3.05, 3.63) is 29.3 Å². The van der Waals surface area contributed by atoms with Crippen LogP contribution >= 0.6 is 0 Å². The van der Waals surface area contributed by atoms with Gasteiger partial charge in [-0.05, 0) is 50.4 Å². The molecule has 19 heavy (non-hydrogen) atoms. The second kappa shape index (κ2) is 6.95. The topological polar surface area (TPSA) is 15.3 Å². The van der Waals surface area contributed by atoms with E-state index in [1.807, 2.05) is 0 Å². The number of nitrogens with one attached hydrogen (secondary N) is 1. The van der Waals surface area contributed by atoms with Gasteiger partial charge >= 0.3 is 0 Å². The van der Waals surface area contributed by atoms with Crippen molar-refractivity contribution in [2.24, 2.45) is 0 Å². The van der Waals surface area contributed by atoms with Gasteiger partial charge in [0.05, 0.1) is 0 Å². The van der Waals surface area contributed by atoms with Crippen molar-refractivity contribution in [2.75, 3.05) is 18.4 Å². The Kier molecular flexibility index (Phi) is 5.26. The van der Waals surface area contributed by atoms with Crippen LogP contribution in [0, 0.1) is 0 Å². The van der Waals surface area contributed by atoms with Gasteiger partial charge in [-0.3, -0.25) is 4.90 Å². The van der Waals surface area contributed by atoms with E-state index in [0.29, 0.717) is 6.04 Å². The molecule has 2 rings (SSSR count). The Labute approximate surface area is 118 Å². The first-order chi connectivity index (χ1) is 9.20. The minimum Gasteiger partial charge on any atom is -0.384 e. The summed E-state index contributed by atoms with van der Waals surface area (Å²) in [5.74, 6) is 0. The van der Waals surface area contributed by atoms with E-state index in [9.17, 15) is 0 Å². The van der Waals surface area contributed by atoms with E-state index in [4.69, 9.17) is 0 Å². The molecule has 0 saturated carbocycles. The second-order valence-electron chi connectivity index (χ2n) is 5.94. The van der Waals surface area contributed by atoms with Gasteiger partial charge in [0.1, 0.15) is 0 Å². The lowest BCUT2D eigenvalue weighted by atomic mass is 10.1. The van der Waals surface area contributed by atoms with Crippen molar-refractivity contribution in [3.8, 4) is 0 Å². The highest BCUT2D eigenvalue weighted by atomic mass is 15.1. The van der Waals surface area contributed by atoms with Gasteiger partial charge in [0.25, 0.3) is 0 Å². The highest BCUT2D eigenvalue weighted by Gasteiger charge is 2.13. The number of hydrogen-bond acceptors (Lipinski definition) is 2. The third-order valence-electron chi connectivity index (χ3n) is 4.04. The first-order valence-electron chi connectivity index (χ1n) is 7.80. The van der Waals surface area contributed by atoms with Crippen LogP contribution in [0.4, 0.5) is 5.69 Å². The lowest BCUT2D eigenvalue weighted by Crippen LogP contribution is -2.31. The lowest BCUT2D eigenvalue weighted by Gasteiger charge is -2.26. The normalized spacial score (nSPS) is 13.9. The Morgan fingerprint density at radius 2 is 2.11 bits per heavy atom. The van der Waals surface area contributed by atoms with Crippen LogP contribution in [0.25, 0.3) is 0 Å². The van der Waals surface area contributed by atoms with Crippen LogP contribution in [0.15, 0.2) is 18.2 Å². The third kappa shape index (κ3) is 3.97. The maximum Gasteiger partial charge on any atom is 0.0373 e. The Hall–Kier alpha value is -1.02. The zero-order valence-electron chi connectivity index (χ0n) is 12.7. The second-order valence-corrected chi connectivity index (χ2v) is 5.94. The average Bonchev–Trinajstić information content (AvgIpc) is 2.85. The Morgan fingerprint density at radius 1 is 1.26 bits per heavy atom. The third-order valence-corrected chi connectivity index (χ3v) is 4.04. The first kappa shape index (κ1) is 14.4. The Bertz CT molecular complexity index is 398. The standard InChI is InChI=1S/C17H28N2/c1-4-5-6-11-19(14(2)3)13-15-7-8-17-16(12-15)9-10-18-17/h7-8,12,14,18H,4-6,9-11,13H2,1-3H3. The molecule has 0 fully saturated rings. The van der Waals surface area contributed by atoms with Crippen molar-refractivity contribution in [1.82, 2.24) is 4.90 Å². The van der Waals surface area contributed by atoms with Crippen LogP contribution in [0.2, 0.25) is 0 Å². The summed E-state index contributed by atoms with van der Waals surface area (Å²) in [5, 5.41) is 3.43. The molecule has 2 nitrogen and oxygen atoms in total. The Balaban J connectivity index is 1.96. The number of benzene rings is 1. The van der Waals surface area contributed by atoms with Gasteiger partial charge < -0.3 is 5.32 Å². The molecule has 0 aliphatic carbocycles. The first-order valence-corrected chi connectivity index (χ1v) is 7.80. The summed E-state index contributed by atoms with van der Waals surface area (Å²) in [4.78, 5) is 2.60. The fourth-order valence-electron chi connectivity index (χ4n) is 2.78. The zero-order chi connectivity index (χ0) is 13.7. The van der Waals surface area contributed by atoms with E-state index in [1.54, 1.807) is 0 Å². The average molecular weight is 260 g/mol. The smallest absolute Gasteiger partial charge is 0.0373 e. The van der Waals surface area contributed by atoms with Crippen molar-refractivity contribution in [2.45, 2.75) is 59.0 Å². The van der Waals surface area contributed by atoms with Crippen molar-refractivity contribution >= 4 is 5.69 Å². The summed E-state index contributed by atoms with van der Waals surface area (Å²) in [6.07, 6.45) is 5.15. The van der Waals surface area contributed by atoms with E-state index in [-0.39, 0.29) is 0 Å². The molecule has 0 spiro atoms. The van der Waals surface area contributed by atoms with E-state index < -0.39 is 0 Å². The molecule has 1 aliphatic heterocycles. The molecular formula is C17H28N2. The van der Waals surface area contributed by atoms with Gasteiger partial charge in [0.2, 0.25) is 0 Å².